The third-order valence-corrected chi connectivity index (χ3v) is 1.63. The SMILES string of the molecule is CCCC(=O)NCCCCCO. The van der Waals surface area contributed by atoms with Crippen molar-refractivity contribution < 1.29 is 9.90 Å². The van der Waals surface area contributed by atoms with E-state index in [0.717, 1.165) is 32.2 Å². The summed E-state index contributed by atoms with van der Waals surface area (Å²) in [6.45, 7) is 2.99. The summed E-state index contributed by atoms with van der Waals surface area (Å²) in [7, 11) is 0. The van der Waals surface area contributed by atoms with Gasteiger partial charge in [0.25, 0.3) is 0 Å². The van der Waals surface area contributed by atoms with Gasteiger partial charge in [0.15, 0.2) is 0 Å². The number of nitrogens with one attached hydrogen (secondary N) is 1. The van der Waals surface area contributed by atoms with Crippen LogP contribution in [0.25, 0.3) is 0 Å². The van der Waals surface area contributed by atoms with Crippen LogP contribution < -0.4 is 5.32 Å². The number of hydrogen-bond acceptors (Lipinski definition) is 2. The summed E-state index contributed by atoms with van der Waals surface area (Å²) in [6.07, 6.45) is 4.32. The van der Waals surface area contributed by atoms with E-state index in [-0.39, 0.29) is 12.5 Å². The third kappa shape index (κ3) is 7.54. The van der Waals surface area contributed by atoms with Crippen molar-refractivity contribution in [2.24, 2.45) is 0 Å². The second-order valence-electron chi connectivity index (χ2n) is 2.88. The summed E-state index contributed by atoms with van der Waals surface area (Å²) in [5.74, 6) is 0.140. The van der Waals surface area contributed by atoms with Crippen LogP contribution >= 0.6 is 0 Å². The van der Waals surface area contributed by atoms with Crippen LogP contribution in [0.2, 0.25) is 0 Å². The Morgan fingerprint density at radius 1 is 1.33 bits per heavy atom. The van der Waals surface area contributed by atoms with E-state index < -0.39 is 0 Å². The monoisotopic (exact) mass is 173 g/mol. The van der Waals surface area contributed by atoms with Gasteiger partial charge >= 0.3 is 0 Å². The van der Waals surface area contributed by atoms with Crippen LogP contribution in [-0.2, 0) is 4.79 Å². The lowest BCUT2D eigenvalue weighted by molar-refractivity contribution is -0.121. The Bertz CT molecular complexity index is 115. The molecule has 0 saturated carbocycles. The molecule has 0 aliphatic rings. The number of aliphatic hydroxyl groups excluding tert-OH is 1. The van der Waals surface area contributed by atoms with Gasteiger partial charge in [0.1, 0.15) is 0 Å². The number of rotatable bonds is 7. The lowest BCUT2D eigenvalue weighted by atomic mass is 10.2. The van der Waals surface area contributed by atoms with Gasteiger partial charge in [0.05, 0.1) is 0 Å². The fraction of sp³-hybridized carbons (Fsp3) is 0.889. The molecular formula is C9H19NO2. The molecule has 72 valence electrons. The number of aliphatic hydroxyl groups is 1. The maximum atomic E-state index is 10.9. The van der Waals surface area contributed by atoms with E-state index in [0.29, 0.717) is 6.42 Å². The summed E-state index contributed by atoms with van der Waals surface area (Å²) in [6, 6.07) is 0. The number of unbranched alkanes of at least 4 members (excludes halogenated alkanes) is 2. The molecule has 0 atom stereocenters. The van der Waals surface area contributed by atoms with Gasteiger partial charge in [-0.1, -0.05) is 6.92 Å². The van der Waals surface area contributed by atoms with Gasteiger partial charge in [-0.3, -0.25) is 4.79 Å². The van der Waals surface area contributed by atoms with Crippen LogP contribution in [0, 0.1) is 0 Å². The van der Waals surface area contributed by atoms with E-state index in [9.17, 15) is 4.79 Å². The maximum absolute atomic E-state index is 10.9. The molecule has 0 rings (SSSR count). The molecule has 12 heavy (non-hydrogen) atoms. The highest BCUT2D eigenvalue weighted by Gasteiger charge is 1.96. The standard InChI is InChI=1S/C9H19NO2/c1-2-6-9(12)10-7-4-3-5-8-11/h11H,2-8H2,1H3,(H,10,12). The average Bonchev–Trinajstić information content (AvgIpc) is 2.05. The molecule has 0 aliphatic heterocycles. The van der Waals surface area contributed by atoms with E-state index in [1.165, 1.54) is 0 Å². The lowest BCUT2D eigenvalue weighted by Gasteiger charge is -2.02. The number of amides is 1. The first kappa shape index (κ1) is 11.4. The van der Waals surface area contributed by atoms with Crippen LogP contribution in [0.1, 0.15) is 39.0 Å². The Hall–Kier alpha value is -0.570. The molecule has 0 spiro atoms. The zero-order valence-electron chi connectivity index (χ0n) is 7.81. The van der Waals surface area contributed by atoms with Crippen molar-refractivity contribution in [3.63, 3.8) is 0 Å². The van der Waals surface area contributed by atoms with Crippen LogP contribution in [0.15, 0.2) is 0 Å². The molecule has 0 aromatic carbocycles. The van der Waals surface area contributed by atoms with E-state index in [1.807, 2.05) is 6.92 Å². The molecule has 0 saturated heterocycles. The third-order valence-electron chi connectivity index (χ3n) is 1.63. The van der Waals surface area contributed by atoms with Gasteiger partial charge in [-0.2, -0.15) is 0 Å². The Morgan fingerprint density at radius 2 is 2.08 bits per heavy atom. The second-order valence-corrected chi connectivity index (χ2v) is 2.88. The van der Waals surface area contributed by atoms with Gasteiger partial charge < -0.3 is 10.4 Å². The highest BCUT2D eigenvalue weighted by atomic mass is 16.2. The molecule has 0 heterocycles. The summed E-state index contributed by atoms with van der Waals surface area (Å²) in [5, 5.41) is 11.3. The predicted molar refractivity (Wildman–Crippen MR) is 48.9 cm³/mol. The van der Waals surface area contributed by atoms with Crippen LogP contribution in [0.4, 0.5) is 0 Å². The Balaban J connectivity index is 3.03. The number of hydrogen-bond donors (Lipinski definition) is 2. The minimum absolute atomic E-state index is 0.140. The molecule has 0 aromatic rings. The van der Waals surface area contributed by atoms with Crippen molar-refractivity contribution in [3.05, 3.63) is 0 Å². The minimum atomic E-state index is 0.140. The zero-order chi connectivity index (χ0) is 9.23. The van der Waals surface area contributed by atoms with Crippen molar-refractivity contribution >= 4 is 5.91 Å². The summed E-state index contributed by atoms with van der Waals surface area (Å²) >= 11 is 0. The van der Waals surface area contributed by atoms with Gasteiger partial charge in [-0.15, -0.1) is 0 Å². The Kier molecular flexibility index (Phi) is 8.12. The molecule has 3 heteroatoms. The average molecular weight is 173 g/mol. The smallest absolute Gasteiger partial charge is 0.219 e. The normalized spacial score (nSPS) is 9.83. The van der Waals surface area contributed by atoms with Gasteiger partial charge in [0, 0.05) is 19.6 Å². The maximum Gasteiger partial charge on any atom is 0.219 e. The molecular weight excluding hydrogens is 154 g/mol. The van der Waals surface area contributed by atoms with Crippen LogP contribution in [0.3, 0.4) is 0 Å². The predicted octanol–water partition coefficient (Wildman–Crippen LogP) is 1.07. The summed E-state index contributed by atoms with van der Waals surface area (Å²) < 4.78 is 0. The molecule has 0 aromatic heterocycles. The van der Waals surface area contributed by atoms with Crippen molar-refractivity contribution in [1.29, 1.82) is 0 Å². The quantitative estimate of drug-likeness (QED) is 0.566. The van der Waals surface area contributed by atoms with Gasteiger partial charge in [-0.25, -0.2) is 0 Å². The molecule has 2 N–H and O–H groups in total. The van der Waals surface area contributed by atoms with Gasteiger partial charge in [0.2, 0.25) is 5.91 Å². The molecule has 0 fully saturated rings. The number of carbonyl (C=O) groups excluding carboxylic acids is 1. The first-order valence-corrected chi connectivity index (χ1v) is 4.68. The Labute approximate surface area is 74.2 Å². The Morgan fingerprint density at radius 3 is 2.67 bits per heavy atom. The topological polar surface area (TPSA) is 49.3 Å². The largest absolute Gasteiger partial charge is 0.396 e. The molecule has 0 bridgehead atoms. The summed E-state index contributed by atoms with van der Waals surface area (Å²) in [5.41, 5.74) is 0. The van der Waals surface area contributed by atoms with Crippen LogP contribution in [0.5, 0.6) is 0 Å². The van der Waals surface area contributed by atoms with Crippen molar-refractivity contribution in [2.45, 2.75) is 39.0 Å². The van der Waals surface area contributed by atoms with E-state index in [1.54, 1.807) is 0 Å². The van der Waals surface area contributed by atoms with Gasteiger partial charge in [-0.05, 0) is 25.7 Å². The van der Waals surface area contributed by atoms with E-state index >= 15 is 0 Å². The second kappa shape index (κ2) is 8.53. The van der Waals surface area contributed by atoms with Crippen molar-refractivity contribution in [1.82, 2.24) is 5.32 Å². The first-order chi connectivity index (χ1) is 5.81. The first-order valence-electron chi connectivity index (χ1n) is 4.68. The molecule has 3 nitrogen and oxygen atoms in total. The van der Waals surface area contributed by atoms with Crippen molar-refractivity contribution in [2.75, 3.05) is 13.2 Å². The van der Waals surface area contributed by atoms with Crippen LogP contribution in [-0.4, -0.2) is 24.2 Å². The van der Waals surface area contributed by atoms with E-state index in [2.05, 4.69) is 5.32 Å². The molecule has 1 amide bonds. The molecule has 0 unspecified atom stereocenters. The number of carbonyl (C=O) groups is 1. The highest BCUT2D eigenvalue weighted by Crippen LogP contribution is 1.92. The van der Waals surface area contributed by atoms with Crippen molar-refractivity contribution in [3.8, 4) is 0 Å². The molecule has 0 aliphatic carbocycles. The molecule has 0 radical (unpaired) electrons. The van der Waals surface area contributed by atoms with E-state index in [4.69, 9.17) is 5.11 Å². The fourth-order valence-electron chi connectivity index (χ4n) is 0.957. The summed E-state index contributed by atoms with van der Waals surface area (Å²) in [4.78, 5) is 10.9. The minimum Gasteiger partial charge on any atom is -0.396 e. The fourth-order valence-corrected chi connectivity index (χ4v) is 0.957. The highest BCUT2D eigenvalue weighted by molar-refractivity contribution is 5.75. The lowest BCUT2D eigenvalue weighted by Crippen LogP contribution is -2.23. The zero-order valence-corrected chi connectivity index (χ0v) is 7.81.